The largest absolute Gasteiger partial charge is 0.458 e. The summed E-state index contributed by atoms with van der Waals surface area (Å²) in [4.78, 5) is 12.0. The first-order chi connectivity index (χ1) is 13.7. The fourth-order valence-electron chi connectivity index (χ4n) is 6.95. The van der Waals surface area contributed by atoms with Crippen molar-refractivity contribution < 1.29 is 24.1 Å². The van der Waals surface area contributed by atoms with Gasteiger partial charge in [0.2, 0.25) is 0 Å². The zero-order valence-corrected chi connectivity index (χ0v) is 20.2. The van der Waals surface area contributed by atoms with Crippen molar-refractivity contribution in [1.82, 2.24) is 0 Å². The molecule has 0 aromatic rings. The third-order valence-electron chi connectivity index (χ3n) is 8.77. The number of rotatable bonds is 6. The Kier molecular flexibility index (Phi) is 6.25. The van der Waals surface area contributed by atoms with E-state index in [0.29, 0.717) is 23.8 Å². The molecular weight excluding hydrogens is 380 g/mol. The lowest BCUT2D eigenvalue weighted by Crippen LogP contribution is -2.60. The minimum absolute atomic E-state index is 0.00589. The van der Waals surface area contributed by atoms with Gasteiger partial charge in [-0.25, -0.2) is 4.79 Å². The summed E-state index contributed by atoms with van der Waals surface area (Å²) in [6.45, 7) is 16.0. The summed E-state index contributed by atoms with van der Waals surface area (Å²) in [7, 11) is 1.70. The van der Waals surface area contributed by atoms with Crippen molar-refractivity contribution in [1.29, 1.82) is 0 Å². The lowest BCUT2D eigenvalue weighted by molar-refractivity contribution is -0.275. The molecule has 3 rings (SSSR count). The van der Waals surface area contributed by atoms with Crippen LogP contribution in [0.3, 0.4) is 0 Å². The molecule has 30 heavy (non-hydrogen) atoms. The number of aliphatic hydroxyl groups excluding tert-OH is 1. The van der Waals surface area contributed by atoms with E-state index in [1.165, 1.54) is 0 Å². The summed E-state index contributed by atoms with van der Waals surface area (Å²) in [6.07, 6.45) is 6.00. The topological polar surface area (TPSA) is 65.0 Å². The number of fused-ring (bicyclic) bond motifs is 1. The first kappa shape index (κ1) is 23.7. The third-order valence-corrected chi connectivity index (χ3v) is 8.77. The summed E-state index contributed by atoms with van der Waals surface area (Å²) >= 11 is 0. The Morgan fingerprint density at radius 1 is 1.20 bits per heavy atom. The smallest absolute Gasteiger partial charge is 0.336 e. The standard InChI is InChI=1S/C25H42O5/c1-22(2)12-9-18-23(3,4)20(30-24(5,6)28-8)10-13-25(18,7)19(22)15-17(26)16-11-14-29-21(16)27/h11,17-20,26H,9-10,12-15H2,1-8H3/t17?,18-,19-,20-,25-/m1/s1. The molecule has 2 saturated carbocycles. The Labute approximate surface area is 182 Å². The molecule has 2 aliphatic carbocycles. The van der Waals surface area contributed by atoms with Gasteiger partial charge in [0.25, 0.3) is 0 Å². The second kappa shape index (κ2) is 7.90. The molecule has 1 unspecified atom stereocenters. The number of hydrogen-bond donors (Lipinski definition) is 1. The number of cyclic esters (lactones) is 1. The number of carbonyl (C=O) groups excluding carboxylic acids is 1. The predicted octanol–water partition coefficient (Wildman–Crippen LogP) is 4.87. The van der Waals surface area contributed by atoms with E-state index in [1.54, 1.807) is 13.2 Å². The van der Waals surface area contributed by atoms with Gasteiger partial charge in [-0.05, 0) is 80.1 Å². The van der Waals surface area contributed by atoms with E-state index in [1.807, 2.05) is 13.8 Å². The molecule has 2 fully saturated rings. The van der Waals surface area contributed by atoms with Gasteiger partial charge < -0.3 is 19.3 Å². The van der Waals surface area contributed by atoms with Crippen LogP contribution in [0.25, 0.3) is 0 Å². The molecule has 0 bridgehead atoms. The van der Waals surface area contributed by atoms with E-state index < -0.39 is 11.9 Å². The van der Waals surface area contributed by atoms with Crippen LogP contribution in [0.4, 0.5) is 0 Å². The Morgan fingerprint density at radius 2 is 1.87 bits per heavy atom. The van der Waals surface area contributed by atoms with E-state index in [0.717, 1.165) is 25.7 Å². The van der Waals surface area contributed by atoms with Gasteiger partial charge in [0.1, 0.15) is 6.61 Å². The van der Waals surface area contributed by atoms with Crippen molar-refractivity contribution in [3.05, 3.63) is 11.6 Å². The maximum atomic E-state index is 12.0. The van der Waals surface area contributed by atoms with E-state index >= 15 is 0 Å². The quantitative estimate of drug-likeness (QED) is 0.489. The van der Waals surface area contributed by atoms with E-state index in [9.17, 15) is 9.90 Å². The normalized spacial score (nSPS) is 36.6. The first-order valence-electron chi connectivity index (χ1n) is 11.5. The van der Waals surface area contributed by atoms with Crippen LogP contribution in [-0.4, -0.2) is 42.8 Å². The number of esters is 1. The fraction of sp³-hybridized carbons (Fsp3) is 0.880. The predicted molar refractivity (Wildman–Crippen MR) is 117 cm³/mol. The van der Waals surface area contributed by atoms with E-state index in [2.05, 4.69) is 34.6 Å². The molecule has 0 amide bonds. The zero-order chi connectivity index (χ0) is 22.5. The van der Waals surface area contributed by atoms with Crippen LogP contribution in [0.5, 0.6) is 0 Å². The van der Waals surface area contributed by atoms with Crippen LogP contribution >= 0.6 is 0 Å². The molecule has 5 heteroatoms. The SMILES string of the molecule is COC(C)(C)O[C@@H]1CC[C@@]2(C)[C@H](CC(O)C3=CCOC3=O)C(C)(C)CC[C@@H]2C1(C)C. The van der Waals surface area contributed by atoms with Gasteiger partial charge in [-0.3, -0.25) is 0 Å². The van der Waals surface area contributed by atoms with Gasteiger partial charge in [-0.1, -0.05) is 34.6 Å². The van der Waals surface area contributed by atoms with Gasteiger partial charge in [0.15, 0.2) is 5.79 Å². The fourth-order valence-corrected chi connectivity index (χ4v) is 6.95. The molecule has 0 spiro atoms. The minimum atomic E-state index is -0.760. The van der Waals surface area contributed by atoms with Crippen molar-refractivity contribution in [3.63, 3.8) is 0 Å². The highest BCUT2D eigenvalue weighted by Gasteiger charge is 2.60. The summed E-state index contributed by atoms with van der Waals surface area (Å²) < 4.78 is 17.1. The average molecular weight is 423 g/mol. The van der Waals surface area contributed by atoms with Gasteiger partial charge in [-0.2, -0.15) is 0 Å². The van der Waals surface area contributed by atoms with Crippen molar-refractivity contribution in [3.8, 4) is 0 Å². The third kappa shape index (κ3) is 4.10. The second-order valence-electron chi connectivity index (χ2n) is 11.7. The summed E-state index contributed by atoms with van der Waals surface area (Å²) in [5.74, 6) is -0.180. The van der Waals surface area contributed by atoms with E-state index in [-0.39, 0.29) is 34.9 Å². The highest BCUT2D eigenvalue weighted by Crippen LogP contribution is 2.65. The van der Waals surface area contributed by atoms with Gasteiger partial charge >= 0.3 is 5.97 Å². The Hall–Kier alpha value is -0.910. The Morgan fingerprint density at radius 3 is 2.43 bits per heavy atom. The lowest BCUT2D eigenvalue weighted by Gasteiger charge is -2.64. The van der Waals surface area contributed by atoms with Crippen molar-refractivity contribution >= 4 is 5.97 Å². The van der Waals surface area contributed by atoms with Crippen molar-refractivity contribution in [2.24, 2.45) is 28.1 Å². The van der Waals surface area contributed by atoms with Crippen molar-refractivity contribution in [2.75, 3.05) is 13.7 Å². The Bertz CT molecular complexity index is 692. The first-order valence-corrected chi connectivity index (χ1v) is 11.5. The van der Waals surface area contributed by atoms with Gasteiger partial charge in [0, 0.05) is 7.11 Å². The summed E-state index contributed by atoms with van der Waals surface area (Å²) in [5.41, 5.74) is 0.611. The average Bonchev–Trinajstić information content (AvgIpc) is 3.06. The molecule has 5 atom stereocenters. The number of methoxy groups -OCH3 is 1. The molecule has 1 N–H and O–H groups in total. The van der Waals surface area contributed by atoms with Gasteiger partial charge in [-0.15, -0.1) is 0 Å². The zero-order valence-electron chi connectivity index (χ0n) is 20.2. The van der Waals surface area contributed by atoms with Crippen LogP contribution in [0.2, 0.25) is 0 Å². The maximum Gasteiger partial charge on any atom is 0.336 e. The van der Waals surface area contributed by atoms with Crippen LogP contribution in [0, 0.1) is 28.1 Å². The molecule has 172 valence electrons. The van der Waals surface area contributed by atoms with Crippen LogP contribution in [0.15, 0.2) is 11.6 Å². The number of carbonyl (C=O) groups is 1. The molecule has 5 nitrogen and oxygen atoms in total. The minimum Gasteiger partial charge on any atom is -0.458 e. The molecular formula is C25H42O5. The van der Waals surface area contributed by atoms with Crippen LogP contribution < -0.4 is 0 Å². The molecule has 0 aromatic carbocycles. The summed E-state index contributed by atoms with van der Waals surface area (Å²) in [6, 6.07) is 0. The second-order valence-corrected chi connectivity index (χ2v) is 11.7. The lowest BCUT2D eigenvalue weighted by atomic mass is 9.42. The summed E-state index contributed by atoms with van der Waals surface area (Å²) in [5, 5.41) is 11.0. The number of hydrogen-bond acceptors (Lipinski definition) is 5. The molecule has 1 aliphatic heterocycles. The molecule has 0 radical (unpaired) electrons. The van der Waals surface area contributed by atoms with Gasteiger partial charge in [0.05, 0.1) is 17.8 Å². The molecule has 0 aromatic heterocycles. The Balaban J connectivity index is 1.87. The molecule has 0 saturated heterocycles. The number of ether oxygens (including phenoxy) is 3. The number of aliphatic hydroxyl groups is 1. The van der Waals surface area contributed by atoms with Crippen LogP contribution in [-0.2, 0) is 19.0 Å². The monoisotopic (exact) mass is 422 g/mol. The van der Waals surface area contributed by atoms with Crippen LogP contribution in [0.1, 0.15) is 80.6 Å². The molecule has 3 aliphatic rings. The molecule has 1 heterocycles. The van der Waals surface area contributed by atoms with E-state index in [4.69, 9.17) is 14.2 Å². The highest BCUT2D eigenvalue weighted by molar-refractivity contribution is 5.91. The highest BCUT2D eigenvalue weighted by atomic mass is 16.7. The maximum absolute atomic E-state index is 12.0. The van der Waals surface area contributed by atoms with Crippen molar-refractivity contribution in [2.45, 2.75) is 98.6 Å².